The van der Waals surface area contributed by atoms with Gasteiger partial charge in [0, 0.05) is 33.0 Å². The number of hydrogen-bond donors (Lipinski definition) is 0. The number of rotatable bonds is 4. The van der Waals surface area contributed by atoms with E-state index in [0.717, 1.165) is 78.7 Å². The molecule has 0 unspecified atom stereocenters. The van der Waals surface area contributed by atoms with E-state index in [1.54, 1.807) is 0 Å². The zero-order valence-electron chi connectivity index (χ0n) is 33.7. The van der Waals surface area contributed by atoms with Gasteiger partial charge in [0.1, 0.15) is 0 Å². The summed E-state index contributed by atoms with van der Waals surface area (Å²) in [4.78, 5) is 10.3. The minimum Gasteiger partial charge on any atom is -0.244 e. The predicted molar refractivity (Wildman–Crippen MR) is 231 cm³/mol. The molecule has 0 saturated carbocycles. The molecule has 2 nitrogen and oxygen atoms in total. The Balaban J connectivity index is 1.28. The van der Waals surface area contributed by atoms with Crippen LogP contribution in [-0.4, -0.2) is 9.97 Å². The third-order valence-corrected chi connectivity index (χ3v) is 10.4. The topological polar surface area (TPSA) is 25.8 Å². The summed E-state index contributed by atoms with van der Waals surface area (Å²) in [6, 6.07) is 38.6. The van der Waals surface area contributed by atoms with Crippen LogP contribution in [-0.2, 0) is 10.8 Å². The van der Waals surface area contributed by atoms with Crippen molar-refractivity contribution >= 4 is 43.6 Å². The number of nitrogens with zero attached hydrogens (tertiary/aromatic N) is 2. The van der Waals surface area contributed by atoms with Crippen LogP contribution in [0.4, 0.5) is 0 Å². The van der Waals surface area contributed by atoms with Crippen LogP contribution in [0.25, 0.3) is 43.6 Å². The molecule has 0 fully saturated rings. The highest BCUT2D eigenvalue weighted by atomic mass is 14.8. The third-order valence-electron chi connectivity index (χ3n) is 10.4. The van der Waals surface area contributed by atoms with Gasteiger partial charge >= 0.3 is 0 Å². The van der Waals surface area contributed by atoms with Crippen molar-refractivity contribution in [2.45, 2.75) is 92.9 Å². The van der Waals surface area contributed by atoms with Gasteiger partial charge in [-0.2, -0.15) is 0 Å². The van der Waals surface area contributed by atoms with Gasteiger partial charge < -0.3 is 0 Å². The molecule has 1 heterocycles. The molecule has 0 radical (unpaired) electrons. The molecule has 6 aromatic carbocycles. The van der Waals surface area contributed by atoms with Gasteiger partial charge in [-0.3, -0.25) is 0 Å². The molecule has 54 heavy (non-hydrogen) atoms. The molecular weight excluding hydrogens is 653 g/mol. The SMILES string of the molecule is CC(C)(C)CC(C)(C)c1ccc(C#Cc2ccc3c(c2)c2cc(C#Cc4ccc(C(C)(C)CC(C)(C)C)cc4)ccc2c2nc4ccccc4nc32)cc1. The lowest BCUT2D eigenvalue weighted by Gasteiger charge is -2.33. The Labute approximate surface area is 322 Å². The normalized spacial score (nSPS) is 12.5. The van der Waals surface area contributed by atoms with E-state index in [-0.39, 0.29) is 21.7 Å². The summed E-state index contributed by atoms with van der Waals surface area (Å²) < 4.78 is 0. The first-order chi connectivity index (χ1) is 25.4. The Morgan fingerprint density at radius 3 is 1.07 bits per heavy atom. The summed E-state index contributed by atoms with van der Waals surface area (Å²) in [6.07, 6.45) is 2.23. The standard InChI is InChI=1S/C52H52N2/c1-49(2,3)33-51(7,8)39-25-19-35(20-26-39)15-17-37-23-29-41-43(31-37)44-32-38(18-16-36-21-27-40(28-22-36)52(9,10)34-50(4,5)6)24-30-42(44)48-47(41)53-45-13-11-12-14-46(45)54-48/h11-14,19-32H,33-34H2,1-10H3. The summed E-state index contributed by atoms with van der Waals surface area (Å²) >= 11 is 0. The van der Waals surface area contributed by atoms with Gasteiger partial charge in [-0.25, -0.2) is 9.97 Å². The van der Waals surface area contributed by atoms with Crippen LogP contribution in [0.3, 0.4) is 0 Å². The van der Waals surface area contributed by atoms with Gasteiger partial charge in [0.05, 0.1) is 22.1 Å². The Bertz CT molecular complexity index is 2470. The highest BCUT2D eigenvalue weighted by molar-refractivity contribution is 6.24. The van der Waals surface area contributed by atoms with Crippen LogP contribution in [0, 0.1) is 34.5 Å². The lowest BCUT2D eigenvalue weighted by Crippen LogP contribution is -2.24. The van der Waals surface area contributed by atoms with Crippen LogP contribution >= 0.6 is 0 Å². The first-order valence-corrected chi connectivity index (χ1v) is 19.3. The first-order valence-electron chi connectivity index (χ1n) is 19.3. The summed E-state index contributed by atoms with van der Waals surface area (Å²) in [7, 11) is 0. The average Bonchev–Trinajstić information content (AvgIpc) is 3.11. The molecule has 0 spiro atoms. The highest BCUT2D eigenvalue weighted by Crippen LogP contribution is 2.38. The lowest BCUT2D eigenvalue weighted by molar-refractivity contribution is 0.283. The van der Waals surface area contributed by atoms with Crippen LogP contribution in [0.2, 0.25) is 0 Å². The molecule has 0 aliphatic carbocycles. The molecule has 0 bridgehead atoms. The molecule has 0 saturated heterocycles. The van der Waals surface area contributed by atoms with Crippen molar-refractivity contribution in [3.05, 3.63) is 143 Å². The van der Waals surface area contributed by atoms with E-state index in [4.69, 9.17) is 9.97 Å². The number of benzene rings is 6. The average molecular weight is 705 g/mol. The molecule has 0 N–H and O–H groups in total. The summed E-state index contributed by atoms with van der Waals surface area (Å²) in [5, 5.41) is 4.32. The molecule has 270 valence electrons. The van der Waals surface area contributed by atoms with Crippen molar-refractivity contribution in [3.8, 4) is 23.7 Å². The summed E-state index contributed by atoms with van der Waals surface area (Å²) in [5.74, 6) is 13.8. The quantitative estimate of drug-likeness (QED) is 0.104. The second kappa shape index (κ2) is 13.8. The van der Waals surface area contributed by atoms with Gasteiger partial charge in [-0.15, -0.1) is 0 Å². The molecule has 0 atom stereocenters. The van der Waals surface area contributed by atoms with Crippen molar-refractivity contribution < 1.29 is 0 Å². The molecule has 1 aromatic heterocycles. The zero-order chi connectivity index (χ0) is 38.5. The Morgan fingerprint density at radius 2 is 0.722 bits per heavy atom. The summed E-state index contributed by atoms with van der Waals surface area (Å²) in [5.41, 5.74) is 10.9. The largest absolute Gasteiger partial charge is 0.244 e. The smallest absolute Gasteiger partial charge is 0.0979 e. The van der Waals surface area contributed by atoms with Crippen LogP contribution in [0.15, 0.2) is 109 Å². The van der Waals surface area contributed by atoms with E-state index in [2.05, 4.69) is 178 Å². The van der Waals surface area contributed by atoms with Gasteiger partial charge in [-0.05, 0) is 117 Å². The fourth-order valence-corrected chi connectivity index (χ4v) is 8.63. The molecule has 2 heteroatoms. The number of para-hydroxylation sites is 2. The van der Waals surface area contributed by atoms with Gasteiger partial charge in [0.15, 0.2) is 0 Å². The maximum Gasteiger partial charge on any atom is 0.0979 e. The van der Waals surface area contributed by atoms with Crippen LogP contribution in [0.5, 0.6) is 0 Å². The van der Waals surface area contributed by atoms with Crippen molar-refractivity contribution in [2.24, 2.45) is 10.8 Å². The predicted octanol–water partition coefficient (Wildman–Crippen LogP) is 13.3. The number of fused-ring (bicyclic) bond motifs is 7. The second-order valence-electron chi connectivity index (χ2n) is 18.8. The Hall–Kier alpha value is -5.44. The van der Waals surface area contributed by atoms with E-state index in [0.29, 0.717) is 0 Å². The van der Waals surface area contributed by atoms with Crippen molar-refractivity contribution in [2.75, 3.05) is 0 Å². The molecular formula is C52H52N2. The maximum atomic E-state index is 5.14. The lowest BCUT2D eigenvalue weighted by atomic mass is 9.72. The maximum absolute atomic E-state index is 5.14. The minimum absolute atomic E-state index is 0.0948. The third kappa shape index (κ3) is 8.05. The monoisotopic (exact) mass is 704 g/mol. The number of hydrogen-bond acceptors (Lipinski definition) is 2. The van der Waals surface area contributed by atoms with Gasteiger partial charge in [0.25, 0.3) is 0 Å². The van der Waals surface area contributed by atoms with Crippen LogP contribution < -0.4 is 0 Å². The molecule has 0 aliphatic rings. The van der Waals surface area contributed by atoms with Crippen LogP contribution in [0.1, 0.15) is 115 Å². The molecule has 0 aliphatic heterocycles. The first kappa shape index (κ1) is 36.9. The molecule has 0 amide bonds. The fraction of sp³-hybridized carbons (Fsp3) is 0.308. The minimum atomic E-state index is 0.0948. The van der Waals surface area contributed by atoms with Crippen molar-refractivity contribution in [1.82, 2.24) is 9.97 Å². The van der Waals surface area contributed by atoms with E-state index in [9.17, 15) is 0 Å². The molecule has 7 rings (SSSR count). The fourth-order valence-electron chi connectivity index (χ4n) is 8.63. The summed E-state index contributed by atoms with van der Waals surface area (Å²) in [6.45, 7) is 23.2. The van der Waals surface area contributed by atoms with E-state index < -0.39 is 0 Å². The highest BCUT2D eigenvalue weighted by Gasteiger charge is 2.28. The Morgan fingerprint density at radius 1 is 0.389 bits per heavy atom. The zero-order valence-corrected chi connectivity index (χ0v) is 33.7. The van der Waals surface area contributed by atoms with E-state index >= 15 is 0 Å². The Kier molecular flexibility index (Phi) is 9.40. The molecule has 7 aromatic rings. The number of aromatic nitrogens is 2. The van der Waals surface area contributed by atoms with Gasteiger partial charge in [0.2, 0.25) is 0 Å². The van der Waals surface area contributed by atoms with Gasteiger partial charge in [-0.1, -0.05) is 141 Å². The van der Waals surface area contributed by atoms with E-state index in [1.165, 1.54) is 11.1 Å². The second-order valence-corrected chi connectivity index (χ2v) is 18.8. The van der Waals surface area contributed by atoms with Crippen molar-refractivity contribution in [1.29, 1.82) is 0 Å². The van der Waals surface area contributed by atoms with E-state index in [1.807, 2.05) is 24.3 Å². The van der Waals surface area contributed by atoms with Crippen molar-refractivity contribution in [3.63, 3.8) is 0 Å².